The molecule has 0 saturated heterocycles. The van der Waals surface area contributed by atoms with Gasteiger partial charge in [-0.1, -0.05) is 0 Å². The van der Waals surface area contributed by atoms with Crippen molar-refractivity contribution in [2.45, 2.75) is 24.9 Å². The summed E-state index contributed by atoms with van der Waals surface area (Å²) in [5, 5.41) is 18.9. The van der Waals surface area contributed by atoms with Crippen molar-refractivity contribution in [1.82, 2.24) is 0 Å². The highest BCUT2D eigenvalue weighted by Crippen LogP contribution is 2.39. The number of benzene rings is 1. The predicted molar refractivity (Wildman–Crippen MR) is 51.4 cm³/mol. The predicted octanol–water partition coefficient (Wildman–Crippen LogP) is 1.27. The van der Waals surface area contributed by atoms with E-state index in [9.17, 15) is 15.0 Å². The number of hydrogen-bond donors (Lipinski definition) is 2. The topological polar surface area (TPSA) is 57.5 Å². The number of carbonyl (C=O) groups excluding carboxylic acids is 1. The van der Waals surface area contributed by atoms with Gasteiger partial charge in [0.25, 0.3) is 0 Å². The van der Waals surface area contributed by atoms with Crippen LogP contribution in [-0.2, 0) is 6.42 Å². The Kier molecular flexibility index (Phi) is 2.04. The van der Waals surface area contributed by atoms with Gasteiger partial charge in [-0.15, -0.1) is 0 Å². The summed E-state index contributed by atoms with van der Waals surface area (Å²) >= 11 is 0. The number of aliphatic hydroxyl groups is 1. The van der Waals surface area contributed by atoms with Gasteiger partial charge in [-0.3, -0.25) is 4.79 Å². The molecule has 0 aliphatic heterocycles. The van der Waals surface area contributed by atoms with E-state index in [1.54, 1.807) is 12.1 Å². The van der Waals surface area contributed by atoms with Crippen molar-refractivity contribution >= 4 is 6.29 Å². The number of carbonyl (C=O) groups is 1. The molecule has 0 spiro atoms. The molecular formula is C11H12O3. The van der Waals surface area contributed by atoms with Crippen LogP contribution in [0.3, 0.4) is 0 Å². The Morgan fingerprint density at radius 1 is 1.43 bits per heavy atom. The number of aldehydes is 1. The molecule has 0 heterocycles. The SMILES string of the molecule is O=Cc1ccc(O)cc1CC1(O)CC1. The molecule has 3 heteroatoms. The highest BCUT2D eigenvalue weighted by atomic mass is 16.3. The third-order valence-electron chi connectivity index (χ3n) is 2.60. The smallest absolute Gasteiger partial charge is 0.150 e. The normalized spacial score (nSPS) is 17.8. The Bertz CT molecular complexity index is 367. The average molecular weight is 192 g/mol. The molecule has 0 aromatic heterocycles. The van der Waals surface area contributed by atoms with E-state index in [1.165, 1.54) is 6.07 Å². The van der Waals surface area contributed by atoms with Gasteiger partial charge < -0.3 is 10.2 Å². The number of hydrogen-bond acceptors (Lipinski definition) is 3. The van der Waals surface area contributed by atoms with Crippen molar-refractivity contribution in [3.63, 3.8) is 0 Å². The minimum absolute atomic E-state index is 0.134. The molecule has 1 aliphatic rings. The first-order chi connectivity index (χ1) is 6.63. The lowest BCUT2D eigenvalue weighted by atomic mass is 10.0. The highest BCUT2D eigenvalue weighted by Gasteiger charge is 2.40. The van der Waals surface area contributed by atoms with Crippen molar-refractivity contribution in [2.24, 2.45) is 0 Å². The van der Waals surface area contributed by atoms with Gasteiger partial charge in [-0.25, -0.2) is 0 Å². The Labute approximate surface area is 82.0 Å². The van der Waals surface area contributed by atoms with Gasteiger partial charge in [0.2, 0.25) is 0 Å². The van der Waals surface area contributed by atoms with Gasteiger partial charge in [-0.2, -0.15) is 0 Å². The van der Waals surface area contributed by atoms with Crippen LogP contribution in [0.25, 0.3) is 0 Å². The van der Waals surface area contributed by atoms with Crippen LogP contribution in [0.2, 0.25) is 0 Å². The molecule has 2 rings (SSSR count). The second-order valence-electron chi connectivity index (χ2n) is 3.90. The first-order valence-electron chi connectivity index (χ1n) is 4.62. The van der Waals surface area contributed by atoms with E-state index in [0.29, 0.717) is 12.0 Å². The van der Waals surface area contributed by atoms with Gasteiger partial charge in [-0.05, 0) is 36.6 Å². The van der Waals surface area contributed by atoms with E-state index in [1.807, 2.05) is 0 Å². The molecule has 0 amide bonds. The minimum atomic E-state index is -0.633. The lowest BCUT2D eigenvalue weighted by molar-refractivity contribution is 0.112. The van der Waals surface area contributed by atoms with Gasteiger partial charge in [0.05, 0.1) is 5.60 Å². The number of phenols is 1. The first-order valence-corrected chi connectivity index (χ1v) is 4.62. The van der Waals surface area contributed by atoms with Gasteiger partial charge in [0.15, 0.2) is 0 Å². The molecule has 0 unspecified atom stereocenters. The van der Waals surface area contributed by atoms with E-state index in [2.05, 4.69) is 0 Å². The van der Waals surface area contributed by atoms with Gasteiger partial charge in [0.1, 0.15) is 12.0 Å². The van der Waals surface area contributed by atoms with E-state index in [0.717, 1.165) is 24.7 Å². The van der Waals surface area contributed by atoms with Crippen molar-refractivity contribution in [2.75, 3.05) is 0 Å². The number of phenolic OH excluding ortho intramolecular Hbond substituents is 1. The summed E-state index contributed by atoms with van der Waals surface area (Å²) in [5.41, 5.74) is 0.633. The van der Waals surface area contributed by atoms with Crippen LogP contribution >= 0.6 is 0 Å². The Balaban J connectivity index is 2.29. The van der Waals surface area contributed by atoms with Crippen LogP contribution in [0.1, 0.15) is 28.8 Å². The average Bonchev–Trinajstić information content (AvgIpc) is 2.84. The minimum Gasteiger partial charge on any atom is -0.508 e. The van der Waals surface area contributed by atoms with Crippen molar-refractivity contribution in [3.05, 3.63) is 29.3 Å². The summed E-state index contributed by atoms with van der Waals surface area (Å²) in [6, 6.07) is 4.59. The quantitative estimate of drug-likeness (QED) is 0.709. The summed E-state index contributed by atoms with van der Waals surface area (Å²) in [7, 11) is 0. The van der Waals surface area contributed by atoms with Crippen molar-refractivity contribution < 1.29 is 15.0 Å². The maximum atomic E-state index is 10.7. The van der Waals surface area contributed by atoms with Crippen LogP contribution in [0.15, 0.2) is 18.2 Å². The van der Waals surface area contributed by atoms with E-state index in [-0.39, 0.29) is 5.75 Å². The molecule has 14 heavy (non-hydrogen) atoms. The zero-order valence-corrected chi connectivity index (χ0v) is 7.73. The molecule has 0 bridgehead atoms. The summed E-state index contributed by atoms with van der Waals surface area (Å²) in [5.74, 6) is 0.134. The summed E-state index contributed by atoms with van der Waals surface area (Å²) in [6.07, 6.45) is 2.76. The van der Waals surface area contributed by atoms with Crippen LogP contribution in [0.4, 0.5) is 0 Å². The largest absolute Gasteiger partial charge is 0.508 e. The fraction of sp³-hybridized carbons (Fsp3) is 0.364. The molecule has 0 atom stereocenters. The highest BCUT2D eigenvalue weighted by molar-refractivity contribution is 5.77. The summed E-state index contributed by atoms with van der Waals surface area (Å²) < 4.78 is 0. The third-order valence-corrected chi connectivity index (χ3v) is 2.60. The molecule has 1 saturated carbocycles. The second kappa shape index (κ2) is 3.10. The monoisotopic (exact) mass is 192 g/mol. The Hall–Kier alpha value is -1.35. The van der Waals surface area contributed by atoms with Crippen LogP contribution in [0.5, 0.6) is 5.75 Å². The van der Waals surface area contributed by atoms with Crippen LogP contribution < -0.4 is 0 Å². The molecule has 3 nitrogen and oxygen atoms in total. The van der Waals surface area contributed by atoms with E-state index < -0.39 is 5.60 Å². The second-order valence-corrected chi connectivity index (χ2v) is 3.90. The Morgan fingerprint density at radius 3 is 2.71 bits per heavy atom. The Morgan fingerprint density at radius 2 is 2.14 bits per heavy atom. The molecule has 1 aromatic rings. The fourth-order valence-electron chi connectivity index (χ4n) is 1.54. The molecule has 0 radical (unpaired) electrons. The van der Waals surface area contributed by atoms with Crippen LogP contribution in [-0.4, -0.2) is 22.1 Å². The van der Waals surface area contributed by atoms with Crippen LogP contribution in [0, 0.1) is 0 Å². The molecule has 1 fully saturated rings. The summed E-state index contributed by atoms with van der Waals surface area (Å²) in [6.45, 7) is 0. The van der Waals surface area contributed by atoms with E-state index >= 15 is 0 Å². The maximum absolute atomic E-state index is 10.7. The summed E-state index contributed by atoms with van der Waals surface area (Å²) in [4.78, 5) is 10.7. The number of aromatic hydroxyl groups is 1. The van der Waals surface area contributed by atoms with E-state index in [4.69, 9.17) is 0 Å². The fourth-order valence-corrected chi connectivity index (χ4v) is 1.54. The third kappa shape index (κ3) is 1.77. The maximum Gasteiger partial charge on any atom is 0.150 e. The zero-order chi connectivity index (χ0) is 10.2. The lowest BCUT2D eigenvalue weighted by Gasteiger charge is -2.09. The molecular weight excluding hydrogens is 180 g/mol. The standard InChI is InChI=1S/C11H12O3/c12-7-8-1-2-10(13)5-9(8)6-11(14)3-4-11/h1-2,5,7,13-14H,3-4,6H2. The lowest BCUT2D eigenvalue weighted by Crippen LogP contribution is -2.12. The van der Waals surface area contributed by atoms with Crippen molar-refractivity contribution in [1.29, 1.82) is 0 Å². The molecule has 74 valence electrons. The van der Waals surface area contributed by atoms with Gasteiger partial charge in [0, 0.05) is 12.0 Å². The zero-order valence-electron chi connectivity index (χ0n) is 7.73. The van der Waals surface area contributed by atoms with Crippen molar-refractivity contribution in [3.8, 4) is 5.75 Å². The number of rotatable bonds is 3. The molecule has 2 N–H and O–H groups in total. The molecule has 1 aromatic carbocycles. The van der Waals surface area contributed by atoms with Gasteiger partial charge >= 0.3 is 0 Å². The molecule has 1 aliphatic carbocycles. The first kappa shape index (κ1) is 9.21.